The minimum Gasteiger partial charge on any atom is -0.335 e. The van der Waals surface area contributed by atoms with Crippen molar-refractivity contribution in [2.24, 2.45) is 0 Å². The van der Waals surface area contributed by atoms with E-state index in [4.69, 9.17) is 0 Å². The maximum Gasteiger partial charge on any atom is 0.286 e. The van der Waals surface area contributed by atoms with Gasteiger partial charge in [-0.1, -0.05) is 0 Å². The van der Waals surface area contributed by atoms with Crippen molar-refractivity contribution in [3.63, 3.8) is 0 Å². The molecule has 0 radical (unpaired) electrons. The molecule has 2 saturated heterocycles. The van der Waals surface area contributed by atoms with Gasteiger partial charge >= 0.3 is 0 Å². The average Bonchev–Trinajstić information content (AvgIpc) is 3.29. The van der Waals surface area contributed by atoms with Gasteiger partial charge in [0.1, 0.15) is 11.4 Å². The van der Waals surface area contributed by atoms with Gasteiger partial charge in [-0.3, -0.25) is 14.7 Å². The highest BCUT2D eigenvalue weighted by molar-refractivity contribution is 5.94. The Morgan fingerprint density at radius 2 is 2.00 bits per heavy atom. The van der Waals surface area contributed by atoms with E-state index in [-0.39, 0.29) is 23.1 Å². The number of aryl methyl sites for hydroxylation is 1. The number of likely N-dealkylation sites (tertiary alicyclic amines) is 2. The summed E-state index contributed by atoms with van der Waals surface area (Å²) in [6.45, 7) is 5.84. The predicted molar refractivity (Wildman–Crippen MR) is 97.3 cm³/mol. The second-order valence-corrected chi connectivity index (χ2v) is 7.41. The second kappa shape index (κ2) is 7.19. The van der Waals surface area contributed by atoms with E-state index in [0.717, 1.165) is 32.2 Å². The molecule has 0 aliphatic carbocycles. The summed E-state index contributed by atoms with van der Waals surface area (Å²) in [6.07, 6.45) is 8.06. The molecule has 2 aromatic heterocycles. The van der Waals surface area contributed by atoms with E-state index < -0.39 is 0 Å². The third-order valence-electron chi connectivity index (χ3n) is 5.58. The SMILES string of the molecule is Cc1nc2ncc(C(=O)N3CCCC[C@@H]3CCN3CCCC3)c(=O)n2[nH]1. The number of amides is 1. The van der Waals surface area contributed by atoms with E-state index in [9.17, 15) is 9.59 Å². The molecule has 4 rings (SSSR count). The minimum atomic E-state index is -0.371. The lowest BCUT2D eigenvalue weighted by Gasteiger charge is -2.36. The number of aromatic amines is 1. The standard InChI is InChI=1S/C18H26N6O2/c1-13-20-18-19-12-15(17(26)24(18)21-13)16(25)23-10-3-2-6-14(23)7-11-22-8-4-5-9-22/h12,14H,2-11H2,1H3,(H,19,20,21)/t14-/m1/s1. The summed E-state index contributed by atoms with van der Waals surface area (Å²) >= 11 is 0. The normalized spacial score (nSPS) is 21.6. The summed E-state index contributed by atoms with van der Waals surface area (Å²) in [5.74, 6) is 0.698. The lowest BCUT2D eigenvalue weighted by Crippen LogP contribution is -2.46. The highest BCUT2D eigenvalue weighted by Gasteiger charge is 2.30. The molecule has 8 heteroatoms. The van der Waals surface area contributed by atoms with Crippen molar-refractivity contribution in [1.82, 2.24) is 29.4 Å². The topological polar surface area (TPSA) is 86.6 Å². The zero-order valence-electron chi connectivity index (χ0n) is 15.3. The van der Waals surface area contributed by atoms with Crippen LogP contribution in [-0.2, 0) is 0 Å². The monoisotopic (exact) mass is 358 g/mol. The zero-order valence-corrected chi connectivity index (χ0v) is 15.3. The van der Waals surface area contributed by atoms with Crippen LogP contribution in [-0.4, -0.2) is 67.5 Å². The van der Waals surface area contributed by atoms with E-state index >= 15 is 0 Å². The fourth-order valence-corrected chi connectivity index (χ4v) is 4.17. The van der Waals surface area contributed by atoms with Gasteiger partial charge in [-0.2, -0.15) is 9.50 Å². The van der Waals surface area contributed by atoms with Gasteiger partial charge < -0.3 is 9.80 Å². The molecule has 1 amide bonds. The Morgan fingerprint density at radius 1 is 1.23 bits per heavy atom. The van der Waals surface area contributed by atoms with E-state index in [1.54, 1.807) is 6.92 Å². The van der Waals surface area contributed by atoms with Gasteiger partial charge in [-0.05, 0) is 58.5 Å². The minimum absolute atomic E-state index is 0.124. The van der Waals surface area contributed by atoms with Crippen LogP contribution >= 0.6 is 0 Å². The van der Waals surface area contributed by atoms with Crippen LogP contribution in [0.25, 0.3) is 5.78 Å². The average molecular weight is 358 g/mol. The molecule has 0 unspecified atom stereocenters. The molecule has 0 saturated carbocycles. The fourth-order valence-electron chi connectivity index (χ4n) is 4.17. The molecule has 1 N–H and O–H groups in total. The summed E-state index contributed by atoms with van der Waals surface area (Å²) in [7, 11) is 0. The van der Waals surface area contributed by atoms with E-state index in [1.807, 2.05) is 4.90 Å². The highest BCUT2D eigenvalue weighted by Crippen LogP contribution is 2.22. The number of rotatable bonds is 4. The van der Waals surface area contributed by atoms with Crippen LogP contribution < -0.4 is 5.56 Å². The number of nitrogens with zero attached hydrogens (tertiary/aromatic N) is 5. The van der Waals surface area contributed by atoms with Crippen molar-refractivity contribution in [3.8, 4) is 0 Å². The summed E-state index contributed by atoms with van der Waals surface area (Å²) in [5, 5.41) is 2.85. The van der Waals surface area contributed by atoms with Crippen LogP contribution in [0, 0.1) is 6.92 Å². The largest absolute Gasteiger partial charge is 0.335 e. The Labute approximate surface area is 152 Å². The second-order valence-electron chi connectivity index (χ2n) is 7.41. The Morgan fingerprint density at radius 3 is 2.81 bits per heavy atom. The van der Waals surface area contributed by atoms with Gasteiger partial charge in [0.25, 0.3) is 17.2 Å². The first-order valence-corrected chi connectivity index (χ1v) is 9.61. The predicted octanol–water partition coefficient (Wildman–Crippen LogP) is 1.21. The van der Waals surface area contributed by atoms with Crippen LogP contribution in [0.2, 0.25) is 0 Å². The molecular weight excluding hydrogens is 332 g/mol. The molecule has 8 nitrogen and oxygen atoms in total. The van der Waals surface area contributed by atoms with Crippen LogP contribution in [0.15, 0.2) is 11.0 Å². The number of fused-ring (bicyclic) bond motifs is 1. The van der Waals surface area contributed by atoms with Crippen LogP contribution in [0.3, 0.4) is 0 Å². The first-order valence-electron chi connectivity index (χ1n) is 9.61. The van der Waals surface area contributed by atoms with Gasteiger partial charge in [0, 0.05) is 25.3 Å². The van der Waals surface area contributed by atoms with Crippen molar-refractivity contribution in [1.29, 1.82) is 0 Å². The smallest absolute Gasteiger partial charge is 0.286 e. The van der Waals surface area contributed by atoms with Crippen molar-refractivity contribution < 1.29 is 4.79 Å². The van der Waals surface area contributed by atoms with Crippen molar-refractivity contribution in [3.05, 3.63) is 27.9 Å². The number of carbonyl (C=O) groups excluding carboxylic acids is 1. The lowest BCUT2D eigenvalue weighted by molar-refractivity contribution is 0.0585. The molecule has 0 spiro atoms. The molecule has 140 valence electrons. The van der Waals surface area contributed by atoms with Gasteiger partial charge in [0.05, 0.1) is 0 Å². The molecule has 1 atom stereocenters. The van der Waals surface area contributed by atoms with E-state index in [1.165, 1.54) is 36.6 Å². The number of H-pyrrole nitrogens is 1. The highest BCUT2D eigenvalue weighted by atomic mass is 16.2. The van der Waals surface area contributed by atoms with E-state index in [2.05, 4.69) is 20.0 Å². The number of hydrogen-bond acceptors (Lipinski definition) is 5. The van der Waals surface area contributed by atoms with E-state index in [0.29, 0.717) is 18.1 Å². The van der Waals surface area contributed by atoms with Crippen molar-refractivity contribution >= 4 is 11.7 Å². The Balaban J connectivity index is 1.54. The maximum absolute atomic E-state index is 13.1. The molecule has 2 fully saturated rings. The maximum atomic E-state index is 13.1. The molecule has 0 bridgehead atoms. The lowest BCUT2D eigenvalue weighted by atomic mass is 9.98. The number of piperidine rings is 1. The fraction of sp³-hybridized carbons (Fsp3) is 0.667. The number of nitrogens with one attached hydrogen (secondary N) is 1. The van der Waals surface area contributed by atoms with Crippen molar-refractivity contribution in [2.45, 2.75) is 51.5 Å². The molecule has 2 aliphatic heterocycles. The Kier molecular flexibility index (Phi) is 4.76. The van der Waals surface area contributed by atoms with Crippen molar-refractivity contribution in [2.75, 3.05) is 26.2 Å². The van der Waals surface area contributed by atoms with Crippen LogP contribution in [0.1, 0.15) is 54.7 Å². The first kappa shape index (κ1) is 17.2. The summed E-state index contributed by atoms with van der Waals surface area (Å²) in [6, 6.07) is 0.209. The molecule has 26 heavy (non-hydrogen) atoms. The first-order chi connectivity index (χ1) is 12.6. The van der Waals surface area contributed by atoms with Gasteiger partial charge in [0.15, 0.2) is 0 Å². The molecular formula is C18H26N6O2. The van der Waals surface area contributed by atoms with Gasteiger partial charge in [-0.15, -0.1) is 0 Å². The zero-order chi connectivity index (χ0) is 18.1. The summed E-state index contributed by atoms with van der Waals surface area (Å²) in [4.78, 5) is 38.5. The number of hydrogen-bond donors (Lipinski definition) is 1. The third kappa shape index (κ3) is 3.25. The molecule has 2 aliphatic rings. The third-order valence-corrected chi connectivity index (χ3v) is 5.58. The molecule has 4 heterocycles. The summed E-state index contributed by atoms with van der Waals surface area (Å²) < 4.78 is 1.26. The Hall–Kier alpha value is -2.22. The van der Waals surface area contributed by atoms with Crippen LogP contribution in [0.4, 0.5) is 0 Å². The molecule has 0 aromatic carbocycles. The number of carbonyl (C=O) groups is 1. The van der Waals surface area contributed by atoms with Gasteiger partial charge in [0.2, 0.25) is 0 Å². The quantitative estimate of drug-likeness (QED) is 0.888. The summed E-state index contributed by atoms with van der Waals surface area (Å²) in [5.41, 5.74) is -0.247. The van der Waals surface area contributed by atoms with Crippen LogP contribution in [0.5, 0.6) is 0 Å². The van der Waals surface area contributed by atoms with Gasteiger partial charge in [-0.25, -0.2) is 4.98 Å². The number of aromatic nitrogens is 4. The molecule has 2 aromatic rings. The Bertz CT molecular complexity index is 851.